The van der Waals surface area contributed by atoms with Crippen LogP contribution in [0.4, 0.5) is 5.69 Å². The van der Waals surface area contributed by atoms with Gasteiger partial charge in [0.15, 0.2) is 0 Å². The summed E-state index contributed by atoms with van der Waals surface area (Å²) >= 11 is 12.5. The maximum atomic E-state index is 6.37. The molecule has 0 amide bonds. The fourth-order valence-corrected chi connectivity index (χ4v) is 3.05. The van der Waals surface area contributed by atoms with Crippen molar-refractivity contribution >= 4 is 28.9 Å². The summed E-state index contributed by atoms with van der Waals surface area (Å²) in [7, 11) is 0. The minimum absolute atomic E-state index is 0.0804. The van der Waals surface area contributed by atoms with Crippen LogP contribution in [0.5, 0.6) is 0 Å². The van der Waals surface area contributed by atoms with E-state index in [2.05, 4.69) is 37.9 Å². The Kier molecular flexibility index (Phi) is 4.34. The van der Waals surface area contributed by atoms with Crippen LogP contribution in [0, 0.1) is 5.92 Å². The van der Waals surface area contributed by atoms with Gasteiger partial charge in [0.2, 0.25) is 0 Å². The second-order valence-corrected chi connectivity index (χ2v) is 7.14. The zero-order chi connectivity index (χ0) is 14.2. The van der Waals surface area contributed by atoms with Crippen LogP contribution in [0.15, 0.2) is 18.2 Å². The lowest BCUT2D eigenvalue weighted by atomic mass is 9.92. The SMILES string of the molecule is CC(C)C1CNC(C)(C)CN1c1cc(Cl)ccc1Cl. The van der Waals surface area contributed by atoms with Crippen molar-refractivity contribution in [1.82, 2.24) is 5.32 Å². The molecular weight excluding hydrogens is 279 g/mol. The Hall–Kier alpha value is -0.440. The van der Waals surface area contributed by atoms with Crippen molar-refractivity contribution in [3.8, 4) is 0 Å². The molecule has 19 heavy (non-hydrogen) atoms. The number of halogens is 2. The van der Waals surface area contributed by atoms with Gasteiger partial charge in [-0.05, 0) is 38.0 Å². The fraction of sp³-hybridized carbons (Fsp3) is 0.600. The van der Waals surface area contributed by atoms with E-state index in [1.807, 2.05) is 18.2 Å². The van der Waals surface area contributed by atoms with Crippen LogP contribution < -0.4 is 10.2 Å². The normalized spacial score (nSPS) is 22.9. The molecule has 1 aliphatic rings. The van der Waals surface area contributed by atoms with Gasteiger partial charge in [-0.2, -0.15) is 0 Å². The molecule has 1 fully saturated rings. The Morgan fingerprint density at radius 2 is 2.00 bits per heavy atom. The third-order valence-corrected chi connectivity index (χ3v) is 4.30. The first-order chi connectivity index (χ1) is 8.80. The van der Waals surface area contributed by atoms with Gasteiger partial charge < -0.3 is 10.2 Å². The van der Waals surface area contributed by atoms with Crippen LogP contribution in [-0.4, -0.2) is 24.7 Å². The van der Waals surface area contributed by atoms with Gasteiger partial charge in [0.05, 0.1) is 10.7 Å². The van der Waals surface area contributed by atoms with E-state index in [-0.39, 0.29) is 5.54 Å². The molecule has 1 aromatic rings. The number of piperazine rings is 1. The zero-order valence-corrected chi connectivity index (χ0v) is 13.5. The second-order valence-electron chi connectivity index (χ2n) is 6.30. The highest BCUT2D eigenvalue weighted by atomic mass is 35.5. The average molecular weight is 301 g/mol. The van der Waals surface area contributed by atoms with Crippen LogP contribution in [0.1, 0.15) is 27.7 Å². The first-order valence-corrected chi connectivity index (χ1v) is 7.52. The van der Waals surface area contributed by atoms with E-state index in [0.29, 0.717) is 12.0 Å². The molecule has 1 unspecified atom stereocenters. The standard InChI is InChI=1S/C15H22Cl2N2/c1-10(2)14-8-18-15(3,4)9-19(14)13-7-11(16)5-6-12(13)17/h5-7,10,14,18H,8-9H2,1-4H3. The van der Waals surface area contributed by atoms with Gasteiger partial charge in [-0.3, -0.25) is 0 Å². The van der Waals surface area contributed by atoms with E-state index < -0.39 is 0 Å². The summed E-state index contributed by atoms with van der Waals surface area (Å²) in [5, 5.41) is 5.11. The van der Waals surface area contributed by atoms with E-state index in [1.165, 1.54) is 0 Å². The molecule has 4 heteroatoms. The van der Waals surface area contributed by atoms with Crippen LogP contribution in [0.2, 0.25) is 10.0 Å². The van der Waals surface area contributed by atoms with Crippen molar-refractivity contribution in [3.63, 3.8) is 0 Å². The second kappa shape index (κ2) is 5.51. The maximum absolute atomic E-state index is 6.37. The molecule has 0 aliphatic carbocycles. The molecule has 0 saturated carbocycles. The highest BCUT2D eigenvalue weighted by molar-refractivity contribution is 6.35. The Morgan fingerprint density at radius 1 is 1.32 bits per heavy atom. The summed E-state index contributed by atoms with van der Waals surface area (Å²) < 4.78 is 0. The van der Waals surface area contributed by atoms with E-state index in [0.717, 1.165) is 28.8 Å². The summed E-state index contributed by atoms with van der Waals surface area (Å²) in [5.41, 5.74) is 1.12. The lowest BCUT2D eigenvalue weighted by Gasteiger charge is -2.47. The van der Waals surface area contributed by atoms with E-state index >= 15 is 0 Å². The van der Waals surface area contributed by atoms with Crippen molar-refractivity contribution in [2.75, 3.05) is 18.0 Å². The smallest absolute Gasteiger partial charge is 0.0640 e. The molecule has 1 saturated heterocycles. The number of nitrogens with one attached hydrogen (secondary N) is 1. The third-order valence-electron chi connectivity index (χ3n) is 3.74. The fourth-order valence-electron chi connectivity index (χ4n) is 2.66. The van der Waals surface area contributed by atoms with Crippen LogP contribution >= 0.6 is 23.2 Å². The molecule has 0 bridgehead atoms. The molecular formula is C15H22Cl2N2. The zero-order valence-electron chi connectivity index (χ0n) is 12.0. The van der Waals surface area contributed by atoms with Crippen molar-refractivity contribution < 1.29 is 0 Å². The molecule has 0 aromatic heterocycles. The minimum Gasteiger partial charge on any atom is -0.364 e. The van der Waals surface area contributed by atoms with Crippen molar-refractivity contribution in [2.45, 2.75) is 39.3 Å². The molecule has 1 N–H and O–H groups in total. The Bertz CT molecular complexity index is 457. The van der Waals surface area contributed by atoms with Gasteiger partial charge in [-0.15, -0.1) is 0 Å². The summed E-state index contributed by atoms with van der Waals surface area (Å²) in [4.78, 5) is 2.40. The summed E-state index contributed by atoms with van der Waals surface area (Å²) in [5.74, 6) is 0.554. The lowest BCUT2D eigenvalue weighted by molar-refractivity contribution is 0.277. The molecule has 106 valence electrons. The van der Waals surface area contributed by atoms with Crippen LogP contribution in [-0.2, 0) is 0 Å². The Balaban J connectivity index is 2.39. The van der Waals surface area contributed by atoms with Gasteiger partial charge in [0.1, 0.15) is 0 Å². The first kappa shape index (κ1) is 15.0. The van der Waals surface area contributed by atoms with E-state index in [4.69, 9.17) is 23.2 Å². The van der Waals surface area contributed by atoms with Gasteiger partial charge in [0.25, 0.3) is 0 Å². The lowest BCUT2D eigenvalue weighted by Crippen LogP contribution is -2.63. The van der Waals surface area contributed by atoms with Gasteiger partial charge in [0, 0.05) is 29.7 Å². The highest BCUT2D eigenvalue weighted by Gasteiger charge is 2.34. The number of anilines is 1. The molecule has 1 atom stereocenters. The number of nitrogens with zero attached hydrogens (tertiary/aromatic N) is 1. The summed E-state index contributed by atoms with van der Waals surface area (Å²) in [6.45, 7) is 10.8. The molecule has 2 rings (SSSR count). The molecule has 1 heterocycles. The van der Waals surface area contributed by atoms with Gasteiger partial charge >= 0.3 is 0 Å². The molecule has 0 radical (unpaired) electrons. The molecule has 1 aromatic carbocycles. The third kappa shape index (κ3) is 3.36. The number of hydrogen-bond donors (Lipinski definition) is 1. The summed E-state index contributed by atoms with van der Waals surface area (Å²) in [6.07, 6.45) is 0. The van der Waals surface area contributed by atoms with Crippen molar-refractivity contribution in [1.29, 1.82) is 0 Å². The van der Waals surface area contributed by atoms with E-state index in [9.17, 15) is 0 Å². The van der Waals surface area contributed by atoms with E-state index in [1.54, 1.807) is 0 Å². The Morgan fingerprint density at radius 3 is 2.63 bits per heavy atom. The number of benzene rings is 1. The average Bonchev–Trinajstić information content (AvgIpc) is 2.30. The van der Waals surface area contributed by atoms with Gasteiger partial charge in [-0.1, -0.05) is 37.0 Å². The monoisotopic (exact) mass is 300 g/mol. The predicted molar refractivity (Wildman–Crippen MR) is 84.5 cm³/mol. The van der Waals surface area contributed by atoms with Gasteiger partial charge in [-0.25, -0.2) is 0 Å². The van der Waals surface area contributed by atoms with Crippen LogP contribution in [0.3, 0.4) is 0 Å². The van der Waals surface area contributed by atoms with Crippen molar-refractivity contribution in [2.24, 2.45) is 5.92 Å². The van der Waals surface area contributed by atoms with Crippen molar-refractivity contribution in [3.05, 3.63) is 28.2 Å². The highest BCUT2D eigenvalue weighted by Crippen LogP contribution is 2.34. The minimum atomic E-state index is 0.0804. The predicted octanol–water partition coefficient (Wildman–Crippen LogP) is 4.21. The maximum Gasteiger partial charge on any atom is 0.0640 e. The quantitative estimate of drug-likeness (QED) is 0.880. The Labute approximate surface area is 126 Å². The molecule has 2 nitrogen and oxygen atoms in total. The molecule has 0 spiro atoms. The van der Waals surface area contributed by atoms with Crippen LogP contribution in [0.25, 0.3) is 0 Å². The molecule has 1 aliphatic heterocycles. The largest absolute Gasteiger partial charge is 0.364 e. The summed E-state index contributed by atoms with van der Waals surface area (Å²) in [6, 6.07) is 6.13. The number of rotatable bonds is 2. The first-order valence-electron chi connectivity index (χ1n) is 6.77. The number of hydrogen-bond acceptors (Lipinski definition) is 2. The topological polar surface area (TPSA) is 15.3 Å².